The van der Waals surface area contributed by atoms with Crippen LogP contribution in [0.2, 0.25) is 0 Å². The third kappa shape index (κ3) is 7.04. The summed E-state index contributed by atoms with van der Waals surface area (Å²) in [4.78, 5) is 13.0. The van der Waals surface area contributed by atoms with Crippen LogP contribution in [0, 0.1) is 60.2 Å². The van der Waals surface area contributed by atoms with Crippen LogP contribution in [0.25, 0.3) is 0 Å². The van der Waals surface area contributed by atoms with E-state index in [0.717, 1.165) is 59.5 Å². The molecule has 236 valence electrons. The highest BCUT2D eigenvalue weighted by Gasteiger charge is 2.59. The van der Waals surface area contributed by atoms with Crippen molar-refractivity contribution in [2.45, 2.75) is 152 Å². The van der Waals surface area contributed by atoms with Gasteiger partial charge in [0.1, 0.15) is 6.10 Å². The average Bonchev–Trinajstić information content (AvgIpc) is 3.30. The summed E-state index contributed by atoms with van der Waals surface area (Å²) >= 11 is 0. The second-order valence-electron chi connectivity index (χ2n) is 15.9. The van der Waals surface area contributed by atoms with E-state index in [1.807, 2.05) is 26.0 Å². The Morgan fingerprint density at radius 3 is 2.24 bits per heavy atom. The molecular formula is C40H64O2. The van der Waals surface area contributed by atoms with Crippen molar-refractivity contribution >= 4 is 5.97 Å². The molecule has 4 aliphatic carbocycles. The summed E-state index contributed by atoms with van der Waals surface area (Å²) < 4.78 is 6.11. The predicted molar refractivity (Wildman–Crippen MR) is 179 cm³/mol. The number of unbranched alkanes of at least 4 members (excludes halogenated alkanes) is 1. The molecule has 0 aliphatic heterocycles. The first kappa shape index (κ1) is 33.3. The van der Waals surface area contributed by atoms with Gasteiger partial charge in [0.05, 0.1) is 5.56 Å². The molecule has 0 radical (unpaired) electrons. The fourth-order valence-electron chi connectivity index (χ4n) is 10.1. The Morgan fingerprint density at radius 2 is 1.60 bits per heavy atom. The van der Waals surface area contributed by atoms with Gasteiger partial charge in [0.2, 0.25) is 0 Å². The number of ether oxygens (including phenoxy) is 1. The average molecular weight is 577 g/mol. The minimum absolute atomic E-state index is 0.0237. The monoisotopic (exact) mass is 576 g/mol. The molecule has 0 heterocycles. The first-order valence-corrected chi connectivity index (χ1v) is 17.9. The summed E-state index contributed by atoms with van der Waals surface area (Å²) in [6.45, 7) is 21.0. The third-order valence-electron chi connectivity index (χ3n) is 12.5. The van der Waals surface area contributed by atoms with Gasteiger partial charge >= 0.3 is 5.97 Å². The van der Waals surface area contributed by atoms with Crippen LogP contribution in [-0.4, -0.2) is 12.1 Å². The lowest BCUT2D eigenvalue weighted by atomic mass is 9.47. The molecule has 0 N–H and O–H groups in total. The van der Waals surface area contributed by atoms with Crippen LogP contribution in [-0.2, 0) is 4.74 Å². The summed E-state index contributed by atoms with van der Waals surface area (Å²) in [7, 11) is 0. The van der Waals surface area contributed by atoms with E-state index < -0.39 is 0 Å². The van der Waals surface area contributed by atoms with Crippen LogP contribution < -0.4 is 0 Å². The Kier molecular flexibility index (Phi) is 11.1. The molecule has 0 saturated heterocycles. The summed E-state index contributed by atoms with van der Waals surface area (Å²) in [6.07, 6.45) is 19.6. The second-order valence-corrected chi connectivity index (χ2v) is 15.9. The molecule has 2 nitrogen and oxygen atoms in total. The van der Waals surface area contributed by atoms with E-state index in [0.29, 0.717) is 16.4 Å². The summed E-state index contributed by atoms with van der Waals surface area (Å²) in [5.74, 6) is 5.03. The van der Waals surface area contributed by atoms with Gasteiger partial charge in [-0.1, -0.05) is 109 Å². The Morgan fingerprint density at radius 1 is 0.905 bits per heavy atom. The number of rotatable bonds is 8. The molecule has 5 rings (SSSR count). The van der Waals surface area contributed by atoms with Crippen LogP contribution in [0.3, 0.4) is 0 Å². The zero-order valence-electron chi connectivity index (χ0n) is 28.9. The van der Waals surface area contributed by atoms with Gasteiger partial charge in [-0.3, -0.25) is 0 Å². The van der Waals surface area contributed by atoms with Crippen molar-refractivity contribution in [1.29, 1.82) is 0 Å². The number of esters is 1. The molecule has 0 amide bonds. The third-order valence-corrected chi connectivity index (χ3v) is 12.5. The topological polar surface area (TPSA) is 26.3 Å². The number of carbonyl (C=O) groups excluding carboxylic acids is 1. The van der Waals surface area contributed by atoms with E-state index in [1.54, 1.807) is 5.57 Å². The molecule has 1 aromatic carbocycles. The van der Waals surface area contributed by atoms with Crippen LogP contribution in [0.1, 0.15) is 153 Å². The highest BCUT2D eigenvalue weighted by atomic mass is 16.5. The molecular weight excluding hydrogens is 512 g/mol. The Labute approximate surface area is 259 Å². The lowest BCUT2D eigenvalue weighted by molar-refractivity contribution is -0.0594. The standard InChI is InChI=1S/C36H54O2.C4H10/c1-23(2)9-8-10-26(5)31-13-14-32-30-12-11-28-22-29(38-34(37)27-20-24(3)19-25(4)21-27)15-17-35(28,6)33(30)16-18-36(31,32)7;1-3-4-2/h11,19-21,23,26,29-33H,8-10,12-18,22H2,1-7H3;3-4H2,1-2H3. The molecule has 8 atom stereocenters. The van der Waals surface area contributed by atoms with Gasteiger partial charge in [-0.25, -0.2) is 4.79 Å². The molecule has 0 bridgehead atoms. The Balaban J connectivity index is 0.000000952. The fourth-order valence-corrected chi connectivity index (χ4v) is 10.1. The van der Waals surface area contributed by atoms with Gasteiger partial charge in [0, 0.05) is 6.42 Å². The fraction of sp³-hybridized carbons (Fsp3) is 0.775. The molecule has 0 aromatic heterocycles. The number of hydrogen-bond acceptors (Lipinski definition) is 2. The molecule has 3 fully saturated rings. The van der Waals surface area contributed by atoms with Crippen molar-refractivity contribution in [2.24, 2.45) is 46.3 Å². The zero-order chi connectivity index (χ0) is 30.7. The molecule has 2 heteroatoms. The van der Waals surface area contributed by atoms with Crippen molar-refractivity contribution in [2.75, 3.05) is 0 Å². The van der Waals surface area contributed by atoms with Gasteiger partial charge in [-0.15, -0.1) is 0 Å². The van der Waals surface area contributed by atoms with Crippen LogP contribution in [0.5, 0.6) is 0 Å². The SMILES string of the molecule is CCCC.Cc1cc(C)cc(C(=O)OC2CCC3(C)C(=CCC4C3CCC3(C)C(C(C)CCCC(C)C)CCC43)C2)c1. The number of allylic oxidation sites excluding steroid dienone is 1. The number of hydrogen-bond donors (Lipinski definition) is 0. The van der Waals surface area contributed by atoms with Crippen molar-refractivity contribution in [3.8, 4) is 0 Å². The van der Waals surface area contributed by atoms with Crippen molar-refractivity contribution in [1.82, 2.24) is 0 Å². The minimum Gasteiger partial charge on any atom is -0.458 e. The maximum atomic E-state index is 13.0. The molecule has 0 spiro atoms. The van der Waals surface area contributed by atoms with Crippen LogP contribution >= 0.6 is 0 Å². The first-order chi connectivity index (χ1) is 19.9. The molecule has 42 heavy (non-hydrogen) atoms. The lowest BCUT2D eigenvalue weighted by Gasteiger charge is -2.58. The van der Waals surface area contributed by atoms with E-state index >= 15 is 0 Å². The second kappa shape index (κ2) is 14.0. The van der Waals surface area contributed by atoms with E-state index in [4.69, 9.17) is 4.74 Å². The minimum atomic E-state index is -0.146. The van der Waals surface area contributed by atoms with Crippen LogP contribution in [0.4, 0.5) is 0 Å². The molecule has 8 unspecified atom stereocenters. The highest BCUT2D eigenvalue weighted by Crippen LogP contribution is 2.67. The number of aryl methyl sites for hydroxylation is 2. The molecule has 4 aliphatic rings. The zero-order valence-corrected chi connectivity index (χ0v) is 28.9. The number of fused-ring (bicyclic) bond motifs is 5. The number of benzene rings is 1. The Hall–Kier alpha value is -1.57. The van der Waals surface area contributed by atoms with Crippen molar-refractivity contribution in [3.63, 3.8) is 0 Å². The quantitative estimate of drug-likeness (QED) is 0.227. The van der Waals surface area contributed by atoms with Crippen LogP contribution in [0.15, 0.2) is 29.8 Å². The normalized spacial score (nSPS) is 34.3. The Bertz CT molecular complexity index is 1060. The molecule has 1 aromatic rings. The van der Waals surface area contributed by atoms with Gasteiger partial charge in [-0.05, 0) is 117 Å². The van der Waals surface area contributed by atoms with E-state index in [2.05, 4.69) is 60.6 Å². The van der Waals surface area contributed by atoms with E-state index in [1.165, 1.54) is 70.6 Å². The van der Waals surface area contributed by atoms with Crippen molar-refractivity contribution in [3.05, 3.63) is 46.5 Å². The van der Waals surface area contributed by atoms with Gasteiger partial charge < -0.3 is 4.74 Å². The van der Waals surface area contributed by atoms with E-state index in [-0.39, 0.29) is 12.1 Å². The maximum Gasteiger partial charge on any atom is 0.338 e. The summed E-state index contributed by atoms with van der Waals surface area (Å²) in [6, 6.07) is 6.04. The lowest BCUT2D eigenvalue weighted by Crippen LogP contribution is -2.51. The highest BCUT2D eigenvalue weighted by molar-refractivity contribution is 5.90. The first-order valence-electron chi connectivity index (χ1n) is 17.9. The smallest absolute Gasteiger partial charge is 0.338 e. The maximum absolute atomic E-state index is 13.0. The number of carbonyl (C=O) groups is 1. The summed E-state index contributed by atoms with van der Waals surface area (Å²) in [5.41, 5.74) is 5.39. The summed E-state index contributed by atoms with van der Waals surface area (Å²) in [5, 5.41) is 0. The largest absolute Gasteiger partial charge is 0.458 e. The van der Waals surface area contributed by atoms with Gasteiger partial charge in [0.15, 0.2) is 0 Å². The van der Waals surface area contributed by atoms with E-state index in [9.17, 15) is 4.79 Å². The van der Waals surface area contributed by atoms with Gasteiger partial charge in [-0.2, -0.15) is 0 Å². The predicted octanol–water partition coefficient (Wildman–Crippen LogP) is 11.7. The van der Waals surface area contributed by atoms with Gasteiger partial charge in [0.25, 0.3) is 0 Å². The molecule has 3 saturated carbocycles. The van der Waals surface area contributed by atoms with Crippen molar-refractivity contribution < 1.29 is 9.53 Å².